The summed E-state index contributed by atoms with van der Waals surface area (Å²) in [6, 6.07) is 13.3. The molecule has 3 aromatic heterocycles. The molecule has 0 bridgehead atoms. The van der Waals surface area contributed by atoms with E-state index in [2.05, 4.69) is 5.32 Å². The maximum Gasteiger partial charge on any atom is 0.291 e. The van der Waals surface area contributed by atoms with Crippen LogP contribution in [0.1, 0.15) is 26.9 Å². The van der Waals surface area contributed by atoms with E-state index in [0.717, 1.165) is 0 Å². The van der Waals surface area contributed by atoms with Gasteiger partial charge in [0.15, 0.2) is 11.5 Å². The Kier molecular flexibility index (Phi) is 3.28. The third-order valence-corrected chi connectivity index (χ3v) is 3.53. The Balaban J connectivity index is 1.81. The molecule has 4 rings (SSSR count). The van der Waals surface area contributed by atoms with Crippen molar-refractivity contribution >= 4 is 28.3 Å². The Bertz CT molecular complexity index is 1010. The van der Waals surface area contributed by atoms with Crippen LogP contribution in [0.25, 0.3) is 11.0 Å². The number of furan rings is 3. The van der Waals surface area contributed by atoms with Crippen molar-refractivity contribution in [2.75, 3.05) is 5.32 Å². The van der Waals surface area contributed by atoms with Crippen LogP contribution in [0, 0.1) is 0 Å². The van der Waals surface area contributed by atoms with Crippen LogP contribution in [0.4, 0.5) is 5.69 Å². The third kappa shape index (κ3) is 2.30. The molecule has 1 N–H and O–H groups in total. The van der Waals surface area contributed by atoms with Gasteiger partial charge in [-0.1, -0.05) is 12.1 Å². The quantitative estimate of drug-likeness (QED) is 0.572. The van der Waals surface area contributed by atoms with Gasteiger partial charge in [-0.3, -0.25) is 9.59 Å². The highest BCUT2D eigenvalue weighted by atomic mass is 16.4. The minimum Gasteiger partial charge on any atom is -0.461 e. The molecule has 0 aliphatic carbocycles. The van der Waals surface area contributed by atoms with E-state index in [-0.39, 0.29) is 23.0 Å². The van der Waals surface area contributed by atoms with Gasteiger partial charge in [0, 0.05) is 5.39 Å². The van der Waals surface area contributed by atoms with Gasteiger partial charge in [-0.05, 0) is 36.4 Å². The van der Waals surface area contributed by atoms with Crippen LogP contribution in [-0.2, 0) is 0 Å². The van der Waals surface area contributed by atoms with E-state index in [0.29, 0.717) is 11.0 Å². The number of benzene rings is 1. The van der Waals surface area contributed by atoms with Gasteiger partial charge in [0.05, 0.1) is 18.2 Å². The normalized spacial score (nSPS) is 10.8. The summed E-state index contributed by atoms with van der Waals surface area (Å²) in [4.78, 5) is 24.9. The number of fused-ring (bicyclic) bond motifs is 1. The Morgan fingerprint density at radius 3 is 2.25 bits per heavy atom. The molecule has 0 saturated carbocycles. The van der Waals surface area contributed by atoms with Gasteiger partial charge in [0.25, 0.3) is 11.7 Å². The first-order valence-corrected chi connectivity index (χ1v) is 7.18. The summed E-state index contributed by atoms with van der Waals surface area (Å²) in [6.45, 7) is 0. The SMILES string of the molecule is O=C(Nc1c(C(=O)c2ccco2)oc2ccccc12)c1ccco1. The van der Waals surface area contributed by atoms with Crippen molar-refractivity contribution in [3.05, 3.63) is 78.3 Å². The number of carbonyl (C=O) groups is 2. The Labute approximate surface area is 135 Å². The van der Waals surface area contributed by atoms with E-state index < -0.39 is 11.7 Å². The molecular weight excluding hydrogens is 310 g/mol. The minimum absolute atomic E-state index is 0.00561. The summed E-state index contributed by atoms with van der Waals surface area (Å²) in [5.74, 6) is -0.656. The van der Waals surface area contributed by atoms with E-state index in [1.807, 2.05) is 0 Å². The van der Waals surface area contributed by atoms with Gasteiger partial charge in [0.1, 0.15) is 5.58 Å². The lowest BCUT2D eigenvalue weighted by molar-refractivity contribution is 0.0986. The van der Waals surface area contributed by atoms with Crippen molar-refractivity contribution in [1.29, 1.82) is 0 Å². The van der Waals surface area contributed by atoms with E-state index in [1.54, 1.807) is 36.4 Å². The highest BCUT2D eigenvalue weighted by Gasteiger charge is 2.25. The fourth-order valence-electron chi connectivity index (χ4n) is 2.43. The number of rotatable bonds is 4. The van der Waals surface area contributed by atoms with E-state index in [4.69, 9.17) is 13.3 Å². The zero-order chi connectivity index (χ0) is 16.5. The number of ketones is 1. The van der Waals surface area contributed by atoms with Gasteiger partial charge in [-0.2, -0.15) is 0 Å². The highest BCUT2D eigenvalue weighted by Crippen LogP contribution is 2.33. The molecule has 0 fully saturated rings. The zero-order valence-corrected chi connectivity index (χ0v) is 12.3. The molecule has 0 aliphatic heterocycles. The summed E-state index contributed by atoms with van der Waals surface area (Å²) < 4.78 is 15.9. The number of hydrogen-bond donors (Lipinski definition) is 1. The molecule has 0 aliphatic rings. The molecule has 0 spiro atoms. The molecule has 118 valence electrons. The fraction of sp³-hybridized carbons (Fsp3) is 0. The minimum atomic E-state index is -0.472. The maximum atomic E-state index is 12.6. The Hall–Kier alpha value is -3.54. The molecule has 4 aromatic rings. The second kappa shape index (κ2) is 5.58. The lowest BCUT2D eigenvalue weighted by Crippen LogP contribution is -2.13. The molecule has 0 atom stereocenters. The van der Waals surface area contributed by atoms with Crippen molar-refractivity contribution in [2.24, 2.45) is 0 Å². The van der Waals surface area contributed by atoms with Gasteiger partial charge in [-0.15, -0.1) is 0 Å². The first-order chi connectivity index (χ1) is 11.7. The fourth-order valence-corrected chi connectivity index (χ4v) is 2.43. The first kappa shape index (κ1) is 14.1. The van der Waals surface area contributed by atoms with Crippen LogP contribution < -0.4 is 5.32 Å². The van der Waals surface area contributed by atoms with Gasteiger partial charge in [0.2, 0.25) is 5.76 Å². The number of para-hydroxylation sites is 1. The lowest BCUT2D eigenvalue weighted by atomic mass is 10.1. The molecule has 6 heteroatoms. The van der Waals surface area contributed by atoms with Crippen LogP contribution in [0.15, 0.2) is 74.3 Å². The number of nitrogens with one attached hydrogen (secondary N) is 1. The van der Waals surface area contributed by atoms with Gasteiger partial charge >= 0.3 is 0 Å². The molecule has 1 amide bonds. The average molecular weight is 321 g/mol. The number of hydrogen-bond acceptors (Lipinski definition) is 5. The van der Waals surface area contributed by atoms with E-state index in [9.17, 15) is 9.59 Å². The van der Waals surface area contributed by atoms with Crippen LogP contribution in [0.2, 0.25) is 0 Å². The summed E-state index contributed by atoms with van der Waals surface area (Å²) in [6.07, 6.45) is 2.80. The first-order valence-electron chi connectivity index (χ1n) is 7.18. The molecule has 6 nitrogen and oxygen atoms in total. The Morgan fingerprint density at radius 2 is 1.54 bits per heavy atom. The highest BCUT2D eigenvalue weighted by molar-refractivity contribution is 6.17. The number of anilines is 1. The molecule has 0 unspecified atom stereocenters. The predicted octanol–water partition coefficient (Wildman–Crippen LogP) is 4.10. The number of amides is 1. The summed E-state index contributed by atoms with van der Waals surface area (Å²) in [7, 11) is 0. The van der Waals surface area contributed by atoms with Crippen molar-refractivity contribution in [1.82, 2.24) is 0 Å². The van der Waals surface area contributed by atoms with Gasteiger partial charge < -0.3 is 18.6 Å². The molecule has 0 saturated heterocycles. The standard InChI is InChI=1S/C18H11NO5/c20-16(13-7-3-9-22-13)17-15(11-5-1-2-6-12(11)24-17)19-18(21)14-8-4-10-23-14/h1-10H,(H,19,21). The van der Waals surface area contributed by atoms with Crippen molar-refractivity contribution in [2.45, 2.75) is 0 Å². The third-order valence-electron chi connectivity index (χ3n) is 3.53. The van der Waals surface area contributed by atoms with Gasteiger partial charge in [-0.25, -0.2) is 0 Å². The topological polar surface area (TPSA) is 85.6 Å². The molecule has 1 aromatic carbocycles. The summed E-state index contributed by atoms with van der Waals surface area (Å²) in [5.41, 5.74) is 0.774. The van der Waals surface area contributed by atoms with Crippen molar-refractivity contribution < 1.29 is 22.8 Å². The van der Waals surface area contributed by atoms with E-state index in [1.165, 1.54) is 24.7 Å². The summed E-state index contributed by atoms with van der Waals surface area (Å²) in [5, 5.41) is 3.31. The van der Waals surface area contributed by atoms with Crippen LogP contribution in [0.3, 0.4) is 0 Å². The van der Waals surface area contributed by atoms with Crippen LogP contribution >= 0.6 is 0 Å². The molecule has 24 heavy (non-hydrogen) atoms. The summed E-state index contributed by atoms with van der Waals surface area (Å²) >= 11 is 0. The molecular formula is C18H11NO5. The van der Waals surface area contributed by atoms with Crippen molar-refractivity contribution in [3.8, 4) is 0 Å². The average Bonchev–Trinajstić information content (AvgIpc) is 3.35. The second-order valence-electron chi connectivity index (χ2n) is 5.04. The zero-order valence-electron chi connectivity index (χ0n) is 12.3. The van der Waals surface area contributed by atoms with Crippen LogP contribution in [-0.4, -0.2) is 11.7 Å². The van der Waals surface area contributed by atoms with Crippen LogP contribution in [0.5, 0.6) is 0 Å². The largest absolute Gasteiger partial charge is 0.461 e. The lowest BCUT2D eigenvalue weighted by Gasteiger charge is -2.03. The Morgan fingerprint density at radius 1 is 0.833 bits per heavy atom. The van der Waals surface area contributed by atoms with Crippen molar-refractivity contribution in [3.63, 3.8) is 0 Å². The predicted molar refractivity (Wildman–Crippen MR) is 85.0 cm³/mol. The number of carbonyl (C=O) groups excluding carboxylic acids is 2. The molecule has 0 radical (unpaired) electrons. The molecule has 3 heterocycles. The van der Waals surface area contributed by atoms with E-state index >= 15 is 0 Å². The monoisotopic (exact) mass is 321 g/mol. The maximum absolute atomic E-state index is 12.6. The smallest absolute Gasteiger partial charge is 0.291 e. The second-order valence-corrected chi connectivity index (χ2v) is 5.04.